The number of aryl methyl sites for hydroxylation is 2. The maximum absolute atomic E-state index is 11.8. The number of amides is 1. The first-order valence-corrected chi connectivity index (χ1v) is 8.07. The van der Waals surface area contributed by atoms with Crippen molar-refractivity contribution < 1.29 is 9.53 Å². The summed E-state index contributed by atoms with van der Waals surface area (Å²) >= 11 is 0. The van der Waals surface area contributed by atoms with Gasteiger partial charge in [-0.25, -0.2) is 5.43 Å². The Balaban J connectivity index is 1.83. The molecule has 0 aromatic heterocycles. The number of hydrogen-bond acceptors (Lipinski definition) is 3. The SMILES string of the molecule is Cc1ccc(C)c(OCC(=O)N/N=C/c2ccc(C(C)C)cc2)c1. The smallest absolute Gasteiger partial charge is 0.277 e. The quantitative estimate of drug-likeness (QED) is 0.646. The maximum atomic E-state index is 11.8. The first kappa shape index (κ1) is 17.7. The van der Waals surface area contributed by atoms with Crippen LogP contribution in [0.4, 0.5) is 0 Å². The summed E-state index contributed by atoms with van der Waals surface area (Å²) in [5, 5.41) is 3.96. The molecule has 4 nitrogen and oxygen atoms in total. The van der Waals surface area contributed by atoms with Crippen molar-refractivity contribution in [1.29, 1.82) is 0 Å². The highest BCUT2D eigenvalue weighted by Crippen LogP contribution is 2.18. The summed E-state index contributed by atoms with van der Waals surface area (Å²) in [6.07, 6.45) is 1.62. The fourth-order valence-corrected chi connectivity index (χ4v) is 2.18. The Morgan fingerprint density at radius 3 is 2.54 bits per heavy atom. The molecule has 0 spiro atoms. The molecule has 0 fully saturated rings. The molecule has 0 aliphatic carbocycles. The van der Waals surface area contributed by atoms with Crippen LogP contribution in [-0.4, -0.2) is 18.7 Å². The number of hydrazone groups is 1. The van der Waals surface area contributed by atoms with Crippen LogP contribution in [0.15, 0.2) is 47.6 Å². The minimum atomic E-state index is -0.286. The standard InChI is InChI=1S/C20H24N2O2/c1-14(2)18-9-7-17(8-10-18)12-21-22-20(23)13-24-19-11-15(3)5-6-16(19)4/h5-12,14H,13H2,1-4H3,(H,22,23)/b21-12+. The Morgan fingerprint density at radius 2 is 1.88 bits per heavy atom. The molecule has 1 amide bonds. The van der Waals surface area contributed by atoms with Crippen molar-refractivity contribution in [2.45, 2.75) is 33.6 Å². The fraction of sp³-hybridized carbons (Fsp3) is 0.300. The number of carbonyl (C=O) groups excluding carboxylic acids is 1. The Morgan fingerprint density at radius 1 is 1.17 bits per heavy atom. The lowest BCUT2D eigenvalue weighted by Crippen LogP contribution is -2.24. The first-order valence-electron chi connectivity index (χ1n) is 8.07. The van der Waals surface area contributed by atoms with Crippen molar-refractivity contribution in [3.05, 3.63) is 64.7 Å². The van der Waals surface area contributed by atoms with Gasteiger partial charge in [0, 0.05) is 0 Å². The molecule has 2 aromatic rings. The number of carbonyl (C=O) groups is 1. The van der Waals surface area contributed by atoms with Crippen molar-refractivity contribution in [2.75, 3.05) is 6.61 Å². The number of nitrogens with zero attached hydrogens (tertiary/aromatic N) is 1. The van der Waals surface area contributed by atoms with Gasteiger partial charge in [-0.2, -0.15) is 5.10 Å². The zero-order valence-electron chi connectivity index (χ0n) is 14.7. The summed E-state index contributed by atoms with van der Waals surface area (Å²) in [4.78, 5) is 11.8. The van der Waals surface area contributed by atoms with Gasteiger partial charge in [-0.15, -0.1) is 0 Å². The van der Waals surface area contributed by atoms with Crippen molar-refractivity contribution in [3.8, 4) is 5.75 Å². The van der Waals surface area contributed by atoms with Crippen molar-refractivity contribution in [3.63, 3.8) is 0 Å². The van der Waals surface area contributed by atoms with E-state index in [4.69, 9.17) is 4.74 Å². The summed E-state index contributed by atoms with van der Waals surface area (Å²) in [7, 11) is 0. The monoisotopic (exact) mass is 324 g/mol. The molecule has 0 aliphatic heterocycles. The molecule has 0 radical (unpaired) electrons. The van der Waals surface area contributed by atoms with E-state index in [0.717, 1.165) is 22.4 Å². The Kier molecular flexibility index (Phi) is 6.13. The highest BCUT2D eigenvalue weighted by molar-refractivity contribution is 5.82. The molecular formula is C20H24N2O2. The molecule has 2 rings (SSSR count). The second kappa shape index (κ2) is 8.29. The van der Waals surface area contributed by atoms with Gasteiger partial charge in [-0.1, -0.05) is 50.2 Å². The molecule has 0 atom stereocenters. The zero-order valence-corrected chi connectivity index (χ0v) is 14.7. The van der Waals surface area contributed by atoms with Crippen molar-refractivity contribution in [1.82, 2.24) is 5.43 Å². The van der Waals surface area contributed by atoms with Gasteiger partial charge in [0.05, 0.1) is 6.21 Å². The predicted octanol–water partition coefficient (Wildman–Crippen LogP) is 3.96. The van der Waals surface area contributed by atoms with Crippen LogP contribution in [0.2, 0.25) is 0 Å². The van der Waals surface area contributed by atoms with Crippen LogP contribution in [0.3, 0.4) is 0 Å². The highest BCUT2D eigenvalue weighted by atomic mass is 16.5. The summed E-state index contributed by atoms with van der Waals surface area (Å²) in [6, 6.07) is 14.0. The lowest BCUT2D eigenvalue weighted by molar-refractivity contribution is -0.123. The Bertz CT molecular complexity index is 719. The lowest BCUT2D eigenvalue weighted by Gasteiger charge is -2.08. The minimum Gasteiger partial charge on any atom is -0.483 e. The Labute approximate surface area is 143 Å². The lowest BCUT2D eigenvalue weighted by atomic mass is 10.0. The summed E-state index contributed by atoms with van der Waals surface area (Å²) in [6.45, 7) is 8.18. The first-order chi connectivity index (χ1) is 11.5. The Hall–Kier alpha value is -2.62. The van der Waals surface area contributed by atoms with Crippen LogP contribution >= 0.6 is 0 Å². The van der Waals surface area contributed by atoms with E-state index in [1.165, 1.54) is 5.56 Å². The van der Waals surface area contributed by atoms with E-state index in [0.29, 0.717) is 5.92 Å². The van der Waals surface area contributed by atoms with Crippen LogP contribution in [0, 0.1) is 13.8 Å². The molecule has 126 valence electrons. The highest BCUT2D eigenvalue weighted by Gasteiger charge is 2.04. The molecule has 0 heterocycles. The van der Waals surface area contributed by atoms with Gasteiger partial charge in [0.2, 0.25) is 0 Å². The van der Waals surface area contributed by atoms with Gasteiger partial charge >= 0.3 is 0 Å². The van der Waals surface area contributed by atoms with Gasteiger partial charge in [-0.3, -0.25) is 4.79 Å². The molecule has 1 N–H and O–H groups in total. The second-order valence-corrected chi connectivity index (χ2v) is 6.17. The van der Waals surface area contributed by atoms with E-state index < -0.39 is 0 Å². The molecule has 0 bridgehead atoms. The van der Waals surface area contributed by atoms with E-state index >= 15 is 0 Å². The average Bonchev–Trinajstić information content (AvgIpc) is 2.56. The maximum Gasteiger partial charge on any atom is 0.277 e. The topological polar surface area (TPSA) is 50.7 Å². The average molecular weight is 324 g/mol. The number of benzene rings is 2. The normalized spacial score (nSPS) is 11.0. The van der Waals surface area contributed by atoms with Crippen molar-refractivity contribution in [2.24, 2.45) is 5.10 Å². The van der Waals surface area contributed by atoms with Crippen LogP contribution in [0.25, 0.3) is 0 Å². The second-order valence-electron chi connectivity index (χ2n) is 6.17. The van der Waals surface area contributed by atoms with Crippen LogP contribution < -0.4 is 10.2 Å². The minimum absolute atomic E-state index is 0.0616. The van der Waals surface area contributed by atoms with E-state index in [9.17, 15) is 4.79 Å². The van der Waals surface area contributed by atoms with Gasteiger partial charge in [0.15, 0.2) is 6.61 Å². The number of rotatable bonds is 6. The van der Waals surface area contributed by atoms with Crippen LogP contribution in [0.5, 0.6) is 5.75 Å². The van der Waals surface area contributed by atoms with Gasteiger partial charge in [0.1, 0.15) is 5.75 Å². The molecule has 0 aliphatic rings. The van der Waals surface area contributed by atoms with Crippen LogP contribution in [-0.2, 0) is 4.79 Å². The van der Waals surface area contributed by atoms with Gasteiger partial charge in [0.25, 0.3) is 5.91 Å². The predicted molar refractivity (Wildman–Crippen MR) is 97.7 cm³/mol. The number of hydrogen-bond donors (Lipinski definition) is 1. The third kappa shape index (κ3) is 5.23. The van der Waals surface area contributed by atoms with E-state index in [-0.39, 0.29) is 12.5 Å². The molecule has 2 aromatic carbocycles. The number of nitrogens with one attached hydrogen (secondary N) is 1. The third-order valence-electron chi connectivity index (χ3n) is 3.71. The van der Waals surface area contributed by atoms with Crippen LogP contribution in [0.1, 0.15) is 42.0 Å². The zero-order chi connectivity index (χ0) is 17.5. The molecule has 0 unspecified atom stereocenters. The molecule has 4 heteroatoms. The van der Waals surface area contributed by atoms with E-state index in [2.05, 4.69) is 36.5 Å². The van der Waals surface area contributed by atoms with E-state index in [1.54, 1.807) is 6.21 Å². The summed E-state index contributed by atoms with van der Waals surface area (Å²) in [5.74, 6) is 0.933. The molecule has 24 heavy (non-hydrogen) atoms. The van der Waals surface area contributed by atoms with Gasteiger partial charge in [-0.05, 0) is 48.1 Å². The summed E-state index contributed by atoms with van der Waals surface area (Å²) < 4.78 is 5.54. The molecule has 0 saturated heterocycles. The number of ether oxygens (including phenoxy) is 1. The molecule has 0 saturated carbocycles. The van der Waals surface area contributed by atoms with Gasteiger partial charge < -0.3 is 4.74 Å². The molecular weight excluding hydrogens is 300 g/mol. The fourth-order valence-electron chi connectivity index (χ4n) is 2.18. The largest absolute Gasteiger partial charge is 0.483 e. The summed E-state index contributed by atoms with van der Waals surface area (Å²) in [5.41, 5.74) is 6.79. The third-order valence-corrected chi connectivity index (χ3v) is 3.71. The van der Waals surface area contributed by atoms with E-state index in [1.807, 2.05) is 44.2 Å². The van der Waals surface area contributed by atoms with Crippen molar-refractivity contribution >= 4 is 12.1 Å².